The highest BCUT2D eigenvalue weighted by molar-refractivity contribution is 5.98. The highest BCUT2D eigenvalue weighted by Gasteiger charge is 2.13. The van der Waals surface area contributed by atoms with E-state index in [-0.39, 0.29) is 5.78 Å². The summed E-state index contributed by atoms with van der Waals surface area (Å²) in [6.07, 6.45) is 8.97. The van der Waals surface area contributed by atoms with Crippen LogP contribution in [0.15, 0.2) is 60.8 Å². The van der Waals surface area contributed by atoms with Crippen LogP contribution < -0.4 is 10.2 Å². The minimum atomic E-state index is 0.00736. The van der Waals surface area contributed by atoms with Crippen LogP contribution in [-0.4, -0.2) is 42.9 Å². The summed E-state index contributed by atoms with van der Waals surface area (Å²) in [6, 6.07) is 19.5. The molecular formula is C38H62N4O. The number of aryl methyl sites for hydroxylation is 2. The first-order chi connectivity index (χ1) is 20.5. The Kier molecular flexibility index (Phi) is 22.7. The van der Waals surface area contributed by atoms with Gasteiger partial charge in [-0.15, -0.1) is 0 Å². The lowest BCUT2D eigenvalue weighted by molar-refractivity contribution is 0.101. The van der Waals surface area contributed by atoms with Crippen molar-refractivity contribution in [2.45, 2.75) is 107 Å². The van der Waals surface area contributed by atoms with E-state index in [1.54, 1.807) is 6.20 Å². The largest absolute Gasteiger partial charge is 0.359 e. The lowest BCUT2D eigenvalue weighted by atomic mass is 9.98. The van der Waals surface area contributed by atoms with Gasteiger partial charge in [0.15, 0.2) is 5.78 Å². The number of benzene rings is 2. The highest BCUT2D eigenvalue weighted by Crippen LogP contribution is 2.18. The number of ketones is 1. The summed E-state index contributed by atoms with van der Waals surface area (Å²) in [6.45, 7) is 20.8. The molecule has 0 spiro atoms. The molecule has 1 aromatic heterocycles. The van der Waals surface area contributed by atoms with E-state index in [2.05, 4.69) is 118 Å². The molecule has 2 aromatic carbocycles. The van der Waals surface area contributed by atoms with Crippen molar-refractivity contribution in [3.05, 3.63) is 88.9 Å². The molecule has 0 aliphatic carbocycles. The fourth-order valence-corrected chi connectivity index (χ4v) is 4.02. The summed E-state index contributed by atoms with van der Waals surface area (Å²) in [5.74, 6) is 2.91. The topological polar surface area (TPSA) is 58.1 Å². The first kappa shape index (κ1) is 40.0. The Bertz CT molecular complexity index is 1100. The molecule has 43 heavy (non-hydrogen) atoms. The number of rotatable bonds is 12. The molecule has 2 unspecified atom stereocenters. The zero-order chi connectivity index (χ0) is 32.6. The highest BCUT2D eigenvalue weighted by atomic mass is 16.1. The van der Waals surface area contributed by atoms with Crippen LogP contribution in [0.2, 0.25) is 0 Å². The maximum atomic E-state index is 11.4. The maximum Gasteiger partial charge on any atom is 0.165 e. The molecular weight excluding hydrogens is 528 g/mol. The Morgan fingerprint density at radius 1 is 0.907 bits per heavy atom. The average Bonchev–Trinajstić information content (AvgIpc) is 3.02. The van der Waals surface area contributed by atoms with Gasteiger partial charge in [0.25, 0.3) is 0 Å². The second-order valence-corrected chi connectivity index (χ2v) is 11.5. The Balaban J connectivity index is 0.000000582. The standard InChI is InChI=1S/C12H18.C11H17N3O.C11H17N.C4H10/c1-4-10(2)9-12-7-5-11(3)6-8-12;1-5-6-14(4)11-10(8(2)15)7-12-9(3)13-11;1-10(8-9-12-2)11-6-4-3-5-7-11;1-3-4-2/h5-8,10H,4,9H2,1-3H3;7H,5-6H2,1-4H3;3-7,10,12H,8-9H2,1-2H3;3-4H2,1-2H3. The molecule has 2 atom stereocenters. The van der Waals surface area contributed by atoms with Gasteiger partial charge in [0, 0.05) is 19.8 Å². The average molecular weight is 591 g/mol. The second kappa shape index (κ2) is 24.4. The molecule has 1 heterocycles. The van der Waals surface area contributed by atoms with E-state index in [1.165, 1.54) is 55.7 Å². The Labute approximate surface area is 265 Å². The molecule has 0 amide bonds. The quantitative estimate of drug-likeness (QED) is 0.213. The van der Waals surface area contributed by atoms with Gasteiger partial charge >= 0.3 is 0 Å². The molecule has 5 heteroatoms. The molecule has 240 valence electrons. The zero-order valence-corrected chi connectivity index (χ0v) is 29.3. The van der Waals surface area contributed by atoms with Crippen molar-refractivity contribution in [3.8, 4) is 0 Å². The van der Waals surface area contributed by atoms with E-state index in [9.17, 15) is 4.79 Å². The third kappa shape index (κ3) is 18.3. The normalized spacial score (nSPS) is 11.4. The van der Waals surface area contributed by atoms with E-state index in [0.29, 0.717) is 17.3 Å². The molecule has 5 nitrogen and oxygen atoms in total. The lowest BCUT2D eigenvalue weighted by Gasteiger charge is -2.19. The van der Waals surface area contributed by atoms with Gasteiger partial charge in [-0.3, -0.25) is 4.79 Å². The van der Waals surface area contributed by atoms with Crippen molar-refractivity contribution in [3.63, 3.8) is 0 Å². The van der Waals surface area contributed by atoms with Crippen molar-refractivity contribution >= 4 is 11.6 Å². The number of hydrogen-bond donors (Lipinski definition) is 1. The Morgan fingerprint density at radius 2 is 1.51 bits per heavy atom. The number of hydrogen-bond acceptors (Lipinski definition) is 5. The molecule has 0 aliphatic rings. The molecule has 0 saturated carbocycles. The Hall–Kier alpha value is -3.05. The third-order valence-electron chi connectivity index (χ3n) is 7.29. The predicted octanol–water partition coefficient (Wildman–Crippen LogP) is 9.62. The van der Waals surface area contributed by atoms with Gasteiger partial charge < -0.3 is 10.2 Å². The molecule has 3 aromatic rings. The molecule has 0 radical (unpaired) electrons. The van der Waals surface area contributed by atoms with Gasteiger partial charge in [-0.1, -0.05) is 121 Å². The van der Waals surface area contributed by atoms with Crippen molar-refractivity contribution < 1.29 is 4.79 Å². The first-order valence-corrected chi connectivity index (χ1v) is 16.3. The van der Waals surface area contributed by atoms with Crippen LogP contribution in [0.3, 0.4) is 0 Å². The monoisotopic (exact) mass is 590 g/mol. The number of aromatic nitrogens is 2. The number of nitrogens with zero attached hydrogens (tertiary/aromatic N) is 3. The van der Waals surface area contributed by atoms with Crippen molar-refractivity contribution in [2.75, 3.05) is 32.1 Å². The summed E-state index contributed by atoms with van der Waals surface area (Å²) < 4.78 is 0. The summed E-state index contributed by atoms with van der Waals surface area (Å²) >= 11 is 0. The number of anilines is 1. The van der Waals surface area contributed by atoms with Crippen LogP contribution in [0.25, 0.3) is 0 Å². The summed E-state index contributed by atoms with van der Waals surface area (Å²) in [7, 11) is 3.94. The number of unbranched alkanes of at least 4 members (excludes halogenated alkanes) is 1. The van der Waals surface area contributed by atoms with Crippen molar-refractivity contribution in [2.24, 2.45) is 5.92 Å². The van der Waals surface area contributed by atoms with E-state index in [0.717, 1.165) is 31.2 Å². The van der Waals surface area contributed by atoms with Crippen LogP contribution in [0, 0.1) is 19.8 Å². The summed E-state index contributed by atoms with van der Waals surface area (Å²) in [4.78, 5) is 21.7. The van der Waals surface area contributed by atoms with Crippen molar-refractivity contribution in [1.82, 2.24) is 15.3 Å². The molecule has 0 aliphatic heterocycles. The molecule has 0 fully saturated rings. The fraction of sp³-hybridized carbons (Fsp3) is 0.553. The summed E-state index contributed by atoms with van der Waals surface area (Å²) in [5, 5.41) is 3.17. The van der Waals surface area contributed by atoms with Gasteiger partial charge in [-0.25, -0.2) is 9.97 Å². The second-order valence-electron chi connectivity index (χ2n) is 11.5. The van der Waals surface area contributed by atoms with E-state index in [1.807, 2.05) is 25.9 Å². The first-order valence-electron chi connectivity index (χ1n) is 16.3. The van der Waals surface area contributed by atoms with E-state index < -0.39 is 0 Å². The Morgan fingerprint density at radius 3 is 2.00 bits per heavy atom. The third-order valence-corrected chi connectivity index (χ3v) is 7.29. The fourth-order valence-electron chi connectivity index (χ4n) is 4.02. The minimum absolute atomic E-state index is 0.00736. The van der Waals surface area contributed by atoms with Crippen LogP contribution in [0.5, 0.6) is 0 Å². The molecule has 3 rings (SSSR count). The number of nitrogens with one attached hydrogen (secondary N) is 1. The number of carbonyl (C=O) groups excluding carboxylic acids is 1. The smallest absolute Gasteiger partial charge is 0.165 e. The van der Waals surface area contributed by atoms with E-state index >= 15 is 0 Å². The van der Waals surface area contributed by atoms with E-state index in [4.69, 9.17) is 0 Å². The lowest BCUT2D eigenvalue weighted by Crippen LogP contribution is -2.22. The summed E-state index contributed by atoms with van der Waals surface area (Å²) in [5.41, 5.74) is 4.85. The van der Waals surface area contributed by atoms with Crippen LogP contribution in [0.1, 0.15) is 119 Å². The van der Waals surface area contributed by atoms with Gasteiger partial charge in [0.05, 0.1) is 5.56 Å². The van der Waals surface area contributed by atoms with Gasteiger partial charge in [-0.2, -0.15) is 0 Å². The predicted molar refractivity (Wildman–Crippen MR) is 189 cm³/mol. The maximum absolute atomic E-state index is 11.4. The van der Waals surface area contributed by atoms with Crippen LogP contribution in [-0.2, 0) is 6.42 Å². The van der Waals surface area contributed by atoms with Gasteiger partial charge in [-0.05, 0) is 76.6 Å². The van der Waals surface area contributed by atoms with Crippen molar-refractivity contribution in [1.29, 1.82) is 0 Å². The van der Waals surface area contributed by atoms with Gasteiger partial charge in [0.1, 0.15) is 11.6 Å². The number of carbonyl (C=O) groups is 1. The zero-order valence-electron chi connectivity index (χ0n) is 29.3. The number of Topliss-reactive ketones (excluding diaryl/α,β-unsaturated/α-hetero) is 1. The molecule has 0 bridgehead atoms. The van der Waals surface area contributed by atoms with Gasteiger partial charge in [0.2, 0.25) is 0 Å². The minimum Gasteiger partial charge on any atom is -0.359 e. The molecule has 0 saturated heterocycles. The molecule has 1 N–H and O–H groups in total. The SMILES string of the molecule is CCC(C)Cc1ccc(C)cc1.CCCC.CCCN(C)c1nc(C)ncc1C(C)=O.CNCCC(C)c1ccccc1. The van der Waals surface area contributed by atoms with Crippen LogP contribution in [0.4, 0.5) is 5.82 Å². The van der Waals surface area contributed by atoms with Crippen LogP contribution >= 0.6 is 0 Å².